The lowest BCUT2D eigenvalue weighted by Crippen LogP contribution is -1.91. The molecule has 0 heterocycles. The fraction of sp³-hybridized carbons (Fsp3) is 0.0833. The highest BCUT2D eigenvalue weighted by molar-refractivity contribution is 9.10. The minimum absolute atomic E-state index is 0.301. The molecule has 15 heavy (non-hydrogen) atoms. The molecule has 0 saturated heterocycles. The molecule has 0 N–H and O–H groups in total. The SMILES string of the molecule is O=COCc1cc2ccccc2cc1Br. The molecule has 76 valence electrons. The number of fused-ring (bicyclic) bond motifs is 1. The molecule has 0 aliphatic carbocycles. The van der Waals surface area contributed by atoms with E-state index in [0.717, 1.165) is 15.4 Å². The molecule has 0 atom stereocenters. The third-order valence-corrected chi connectivity index (χ3v) is 2.96. The van der Waals surface area contributed by atoms with E-state index in [4.69, 9.17) is 4.74 Å². The Hall–Kier alpha value is -1.35. The largest absolute Gasteiger partial charge is 0.463 e. The first kappa shape index (κ1) is 10.2. The summed E-state index contributed by atoms with van der Waals surface area (Å²) in [6.07, 6.45) is 0. The third kappa shape index (κ3) is 2.18. The molecule has 3 heteroatoms. The molecule has 0 unspecified atom stereocenters. The van der Waals surface area contributed by atoms with Gasteiger partial charge >= 0.3 is 0 Å². The quantitative estimate of drug-likeness (QED) is 0.796. The number of hydrogen-bond acceptors (Lipinski definition) is 2. The van der Waals surface area contributed by atoms with Crippen LogP contribution in [0.3, 0.4) is 0 Å². The van der Waals surface area contributed by atoms with Crippen molar-refractivity contribution in [1.82, 2.24) is 0 Å². The van der Waals surface area contributed by atoms with Gasteiger partial charge in [-0.25, -0.2) is 0 Å². The van der Waals surface area contributed by atoms with Crippen molar-refractivity contribution in [2.24, 2.45) is 0 Å². The summed E-state index contributed by atoms with van der Waals surface area (Å²) in [4.78, 5) is 10.1. The van der Waals surface area contributed by atoms with Gasteiger partial charge < -0.3 is 4.74 Å². The number of hydrogen-bond donors (Lipinski definition) is 0. The van der Waals surface area contributed by atoms with Crippen LogP contribution < -0.4 is 0 Å². The molecule has 0 aliphatic heterocycles. The van der Waals surface area contributed by atoms with Crippen molar-refractivity contribution in [3.63, 3.8) is 0 Å². The minimum Gasteiger partial charge on any atom is -0.463 e. The second kappa shape index (κ2) is 4.45. The summed E-state index contributed by atoms with van der Waals surface area (Å²) in [7, 11) is 0. The molecule has 0 spiro atoms. The zero-order chi connectivity index (χ0) is 10.7. The number of ether oxygens (including phenoxy) is 1. The monoisotopic (exact) mass is 264 g/mol. The lowest BCUT2D eigenvalue weighted by Gasteiger charge is -2.05. The van der Waals surface area contributed by atoms with Gasteiger partial charge in [0.25, 0.3) is 6.47 Å². The smallest absolute Gasteiger partial charge is 0.293 e. The summed E-state index contributed by atoms with van der Waals surface area (Å²) < 4.78 is 5.70. The van der Waals surface area contributed by atoms with Crippen molar-refractivity contribution in [1.29, 1.82) is 0 Å². The number of benzene rings is 2. The van der Waals surface area contributed by atoms with E-state index in [9.17, 15) is 4.79 Å². The fourth-order valence-corrected chi connectivity index (χ4v) is 1.97. The second-order valence-electron chi connectivity index (χ2n) is 3.20. The summed E-state index contributed by atoms with van der Waals surface area (Å²) in [6.45, 7) is 0.760. The molecule has 0 amide bonds. The van der Waals surface area contributed by atoms with Crippen LogP contribution in [0.4, 0.5) is 0 Å². The van der Waals surface area contributed by atoms with E-state index in [1.54, 1.807) is 0 Å². The topological polar surface area (TPSA) is 26.3 Å². The minimum atomic E-state index is 0.301. The first-order valence-corrected chi connectivity index (χ1v) is 5.33. The standard InChI is InChI=1S/C12H9BrO2/c13-12-6-10-4-2-1-3-9(10)5-11(12)7-15-8-14/h1-6,8H,7H2. The van der Waals surface area contributed by atoms with Gasteiger partial charge in [-0.1, -0.05) is 40.2 Å². The van der Waals surface area contributed by atoms with Gasteiger partial charge in [-0.15, -0.1) is 0 Å². The van der Waals surface area contributed by atoms with Crippen LogP contribution in [-0.2, 0) is 16.1 Å². The Bertz CT molecular complexity index is 494. The Morgan fingerprint density at radius 2 is 1.87 bits per heavy atom. The first-order chi connectivity index (χ1) is 7.31. The fourth-order valence-electron chi connectivity index (χ4n) is 1.49. The van der Waals surface area contributed by atoms with Gasteiger partial charge in [0.05, 0.1) is 0 Å². The van der Waals surface area contributed by atoms with Crippen molar-refractivity contribution in [3.05, 3.63) is 46.4 Å². The predicted octanol–water partition coefficient (Wildman–Crippen LogP) is 3.28. The summed E-state index contributed by atoms with van der Waals surface area (Å²) in [6, 6.07) is 12.1. The molecular formula is C12H9BrO2. The Balaban J connectivity index is 2.47. The van der Waals surface area contributed by atoms with Gasteiger partial charge in [-0.3, -0.25) is 4.79 Å². The highest BCUT2D eigenvalue weighted by Gasteiger charge is 2.02. The number of halogens is 1. The molecule has 2 rings (SSSR count). The molecule has 0 radical (unpaired) electrons. The van der Waals surface area contributed by atoms with Crippen LogP contribution in [0.15, 0.2) is 40.9 Å². The molecule has 0 fully saturated rings. The average molecular weight is 265 g/mol. The molecule has 0 saturated carbocycles. The Morgan fingerprint density at radius 3 is 2.53 bits per heavy atom. The molecule has 2 nitrogen and oxygen atoms in total. The van der Waals surface area contributed by atoms with Crippen molar-refractivity contribution in [2.75, 3.05) is 0 Å². The maximum absolute atomic E-state index is 10.1. The summed E-state index contributed by atoms with van der Waals surface area (Å²) in [5, 5.41) is 2.31. The van der Waals surface area contributed by atoms with Gasteiger partial charge in [-0.2, -0.15) is 0 Å². The van der Waals surface area contributed by atoms with Gasteiger partial charge in [0.1, 0.15) is 6.61 Å². The average Bonchev–Trinajstić information content (AvgIpc) is 2.26. The van der Waals surface area contributed by atoms with E-state index in [2.05, 4.69) is 15.9 Å². The zero-order valence-corrected chi connectivity index (χ0v) is 9.53. The molecule has 0 bridgehead atoms. The molecule has 2 aromatic rings. The molecule has 2 aromatic carbocycles. The molecular weight excluding hydrogens is 256 g/mol. The van der Waals surface area contributed by atoms with Gasteiger partial charge in [0.15, 0.2) is 0 Å². The van der Waals surface area contributed by atoms with Crippen molar-refractivity contribution in [3.8, 4) is 0 Å². The van der Waals surface area contributed by atoms with Crippen LogP contribution in [0.1, 0.15) is 5.56 Å². The molecule has 0 aromatic heterocycles. The van der Waals surface area contributed by atoms with Crippen LogP contribution in [-0.4, -0.2) is 6.47 Å². The Morgan fingerprint density at radius 1 is 1.20 bits per heavy atom. The van der Waals surface area contributed by atoms with Gasteiger partial charge in [0, 0.05) is 10.0 Å². The van der Waals surface area contributed by atoms with Crippen LogP contribution in [0.2, 0.25) is 0 Å². The second-order valence-corrected chi connectivity index (χ2v) is 4.05. The highest BCUT2D eigenvalue weighted by Crippen LogP contribution is 2.24. The van der Waals surface area contributed by atoms with Crippen molar-refractivity contribution in [2.45, 2.75) is 6.61 Å². The van der Waals surface area contributed by atoms with Crippen LogP contribution in [0.25, 0.3) is 10.8 Å². The van der Waals surface area contributed by atoms with E-state index in [1.807, 2.05) is 36.4 Å². The molecule has 0 aliphatic rings. The number of carbonyl (C=O) groups excluding carboxylic acids is 1. The van der Waals surface area contributed by atoms with Crippen LogP contribution in [0.5, 0.6) is 0 Å². The highest BCUT2D eigenvalue weighted by atomic mass is 79.9. The summed E-state index contributed by atoms with van der Waals surface area (Å²) >= 11 is 3.45. The van der Waals surface area contributed by atoms with Gasteiger partial charge in [0.2, 0.25) is 0 Å². The van der Waals surface area contributed by atoms with Crippen LogP contribution >= 0.6 is 15.9 Å². The van der Waals surface area contributed by atoms with Crippen LogP contribution in [0, 0.1) is 0 Å². The Kier molecular flexibility index (Phi) is 3.02. The summed E-state index contributed by atoms with van der Waals surface area (Å²) in [5.74, 6) is 0. The lowest BCUT2D eigenvalue weighted by atomic mass is 10.1. The third-order valence-electron chi connectivity index (χ3n) is 2.22. The summed E-state index contributed by atoms with van der Waals surface area (Å²) in [5.41, 5.74) is 0.973. The number of carbonyl (C=O) groups is 1. The van der Waals surface area contributed by atoms with E-state index < -0.39 is 0 Å². The van der Waals surface area contributed by atoms with E-state index in [1.165, 1.54) is 5.39 Å². The maximum atomic E-state index is 10.1. The lowest BCUT2D eigenvalue weighted by molar-refractivity contribution is -0.129. The van der Waals surface area contributed by atoms with E-state index in [-0.39, 0.29) is 0 Å². The van der Waals surface area contributed by atoms with E-state index in [0.29, 0.717) is 13.1 Å². The van der Waals surface area contributed by atoms with E-state index >= 15 is 0 Å². The predicted molar refractivity (Wildman–Crippen MR) is 62.5 cm³/mol. The zero-order valence-electron chi connectivity index (χ0n) is 7.94. The van der Waals surface area contributed by atoms with Crippen molar-refractivity contribution < 1.29 is 9.53 Å². The normalized spacial score (nSPS) is 10.2. The maximum Gasteiger partial charge on any atom is 0.293 e. The first-order valence-electron chi connectivity index (χ1n) is 4.53. The van der Waals surface area contributed by atoms with Gasteiger partial charge in [-0.05, 0) is 22.9 Å². The number of rotatable bonds is 3. The Labute approximate surface area is 96.0 Å². The van der Waals surface area contributed by atoms with Crippen molar-refractivity contribution >= 4 is 33.2 Å².